The van der Waals surface area contributed by atoms with Crippen LogP contribution in [0, 0.1) is 23.7 Å². The van der Waals surface area contributed by atoms with E-state index in [0.29, 0.717) is 41.0 Å². The van der Waals surface area contributed by atoms with Crippen molar-refractivity contribution in [1.29, 1.82) is 0 Å². The molecule has 0 aromatic heterocycles. The molecule has 0 unspecified atom stereocenters. The van der Waals surface area contributed by atoms with Crippen molar-refractivity contribution in [3.63, 3.8) is 0 Å². The SMILES string of the molecule is O=C1C(c2ccccc2)=CC(=O)[C@@]2(c3ccccc3)[C@@H](c3ccc(OCc4ccccc4)cc3O)C3=CC[C@@H]4C(=O)N(C5CCCCC5)C(=O)[C@@H]4[C@@H]3C[C@@H]12. The molecular formula is C47H43NO6. The summed E-state index contributed by atoms with van der Waals surface area (Å²) in [6.45, 7) is 0.309. The number of benzene rings is 4. The van der Waals surface area contributed by atoms with Gasteiger partial charge in [0.1, 0.15) is 18.1 Å². The zero-order chi connectivity index (χ0) is 37.0. The number of hydrogen-bond donors (Lipinski definition) is 1. The van der Waals surface area contributed by atoms with Crippen LogP contribution in [0.3, 0.4) is 0 Å². The topological polar surface area (TPSA) is 101 Å². The molecule has 0 bridgehead atoms. The van der Waals surface area contributed by atoms with Gasteiger partial charge in [-0.05, 0) is 60.4 Å². The van der Waals surface area contributed by atoms with E-state index in [9.17, 15) is 14.7 Å². The van der Waals surface area contributed by atoms with Crippen molar-refractivity contribution in [1.82, 2.24) is 4.90 Å². The fraction of sp³-hybridized carbons (Fsp3) is 0.319. The molecule has 7 nitrogen and oxygen atoms in total. The van der Waals surface area contributed by atoms with E-state index in [1.165, 1.54) is 6.08 Å². The van der Waals surface area contributed by atoms with Crippen molar-refractivity contribution >= 4 is 29.0 Å². The highest BCUT2D eigenvalue weighted by molar-refractivity contribution is 6.31. The summed E-state index contributed by atoms with van der Waals surface area (Å²) in [5, 5.41) is 12.0. The van der Waals surface area contributed by atoms with Crippen LogP contribution < -0.4 is 4.74 Å². The molecule has 2 saturated carbocycles. The quantitative estimate of drug-likeness (QED) is 0.153. The summed E-state index contributed by atoms with van der Waals surface area (Å²) < 4.78 is 6.10. The van der Waals surface area contributed by atoms with Gasteiger partial charge in [0.25, 0.3) is 0 Å². The number of rotatable bonds is 7. The average Bonchev–Trinajstić information content (AvgIpc) is 3.48. The van der Waals surface area contributed by atoms with E-state index in [2.05, 4.69) is 6.08 Å². The lowest BCUT2D eigenvalue weighted by Crippen LogP contribution is -2.58. The first-order chi connectivity index (χ1) is 26.4. The molecule has 4 aliphatic carbocycles. The van der Waals surface area contributed by atoms with E-state index < -0.39 is 35.0 Å². The number of amides is 2. The number of ether oxygens (including phenoxy) is 1. The van der Waals surface area contributed by atoms with Gasteiger partial charge in [0.05, 0.1) is 17.3 Å². The molecule has 0 spiro atoms. The standard InChI is InChI=1S/C47H43NO6/c49-40-25-33(54-28-29-13-5-1-6-14-29)21-22-35(40)43-34-23-24-36-42(46(53)48(45(36)52)32-19-11-4-12-20-32)38(34)26-39-44(51)37(30-15-7-2-8-16-30)27-41(50)47(39,43)31-17-9-3-10-18-31/h1-3,5-10,13-18,21-23,25,27,32,36,38-39,42-43,49H,4,11-12,19-20,24,26,28H2/t36-,38+,39-,42-,43+,47-/m0/s1. The molecule has 1 saturated heterocycles. The van der Waals surface area contributed by atoms with Crippen molar-refractivity contribution in [3.05, 3.63) is 149 Å². The second-order valence-corrected chi connectivity index (χ2v) is 15.6. The fourth-order valence-corrected chi connectivity index (χ4v) is 10.5. The lowest BCUT2D eigenvalue weighted by molar-refractivity contribution is -0.144. The van der Waals surface area contributed by atoms with Crippen molar-refractivity contribution in [3.8, 4) is 11.5 Å². The van der Waals surface area contributed by atoms with E-state index in [0.717, 1.165) is 43.2 Å². The maximum atomic E-state index is 15.3. The molecule has 0 radical (unpaired) electrons. The molecule has 3 fully saturated rings. The van der Waals surface area contributed by atoms with Crippen LogP contribution in [0.5, 0.6) is 11.5 Å². The first-order valence-electron chi connectivity index (χ1n) is 19.4. The largest absolute Gasteiger partial charge is 0.508 e. The first-order valence-corrected chi connectivity index (χ1v) is 19.4. The maximum Gasteiger partial charge on any atom is 0.233 e. The van der Waals surface area contributed by atoms with Gasteiger partial charge in [0, 0.05) is 35.1 Å². The molecule has 6 atom stereocenters. The van der Waals surface area contributed by atoms with E-state index in [1.54, 1.807) is 17.0 Å². The molecule has 4 aromatic rings. The van der Waals surface area contributed by atoms with Crippen molar-refractivity contribution < 1.29 is 29.0 Å². The van der Waals surface area contributed by atoms with Crippen molar-refractivity contribution in [2.75, 3.05) is 0 Å². The van der Waals surface area contributed by atoms with Crippen LogP contribution in [-0.2, 0) is 31.2 Å². The Morgan fingerprint density at radius 3 is 2.15 bits per heavy atom. The Balaban J connectivity index is 1.21. The predicted molar refractivity (Wildman–Crippen MR) is 204 cm³/mol. The van der Waals surface area contributed by atoms with E-state index in [1.807, 2.05) is 97.1 Å². The number of hydrogen-bond acceptors (Lipinski definition) is 6. The Morgan fingerprint density at radius 1 is 0.759 bits per heavy atom. The molecule has 54 heavy (non-hydrogen) atoms. The zero-order valence-corrected chi connectivity index (χ0v) is 30.1. The summed E-state index contributed by atoms with van der Waals surface area (Å²) in [5.74, 6) is -3.51. The first kappa shape index (κ1) is 34.2. The number of aromatic hydroxyl groups is 1. The van der Waals surface area contributed by atoms with Gasteiger partial charge in [0.15, 0.2) is 11.6 Å². The van der Waals surface area contributed by atoms with Crippen LogP contribution in [0.4, 0.5) is 0 Å². The summed E-state index contributed by atoms with van der Waals surface area (Å²) in [4.78, 5) is 60.8. The second-order valence-electron chi connectivity index (χ2n) is 15.6. The molecular weight excluding hydrogens is 675 g/mol. The number of ketones is 2. The fourth-order valence-electron chi connectivity index (χ4n) is 10.5. The van der Waals surface area contributed by atoms with Gasteiger partial charge in [-0.1, -0.05) is 128 Å². The van der Waals surface area contributed by atoms with Gasteiger partial charge in [-0.3, -0.25) is 24.1 Å². The van der Waals surface area contributed by atoms with Crippen LogP contribution >= 0.6 is 0 Å². The second kappa shape index (κ2) is 13.7. The third-order valence-corrected chi connectivity index (χ3v) is 12.9. The number of likely N-dealkylation sites (tertiary alicyclic amines) is 1. The Hall–Kier alpha value is -5.56. The number of Topliss-reactive ketones (excluding diaryl/α,β-unsaturated/α-hetero) is 1. The van der Waals surface area contributed by atoms with E-state index in [-0.39, 0.29) is 41.6 Å². The van der Waals surface area contributed by atoms with Gasteiger partial charge in [0.2, 0.25) is 11.8 Å². The Labute approximate surface area is 315 Å². The van der Waals surface area contributed by atoms with Gasteiger partial charge in [-0.2, -0.15) is 0 Å². The molecule has 1 heterocycles. The zero-order valence-electron chi connectivity index (χ0n) is 30.1. The van der Waals surface area contributed by atoms with Crippen LogP contribution in [0.2, 0.25) is 0 Å². The number of carbonyl (C=O) groups excluding carboxylic acids is 4. The van der Waals surface area contributed by atoms with Crippen LogP contribution in [0.25, 0.3) is 5.57 Å². The Bertz CT molecular complexity index is 2190. The molecule has 7 heteroatoms. The highest BCUT2D eigenvalue weighted by Crippen LogP contribution is 2.64. The molecule has 2 amide bonds. The number of imide groups is 1. The summed E-state index contributed by atoms with van der Waals surface area (Å²) in [7, 11) is 0. The number of fused-ring (bicyclic) bond motifs is 4. The molecule has 272 valence electrons. The summed E-state index contributed by atoms with van der Waals surface area (Å²) in [5.41, 5.74) is 2.60. The van der Waals surface area contributed by atoms with E-state index in [4.69, 9.17) is 4.74 Å². The molecule has 4 aromatic carbocycles. The van der Waals surface area contributed by atoms with Gasteiger partial charge < -0.3 is 9.84 Å². The Kier molecular flexibility index (Phi) is 8.68. The van der Waals surface area contributed by atoms with Crippen LogP contribution in [-0.4, -0.2) is 39.4 Å². The third kappa shape index (κ3) is 5.39. The van der Waals surface area contributed by atoms with Crippen LogP contribution in [0.15, 0.2) is 127 Å². The molecule has 9 rings (SSSR count). The smallest absolute Gasteiger partial charge is 0.233 e. The number of phenols is 1. The van der Waals surface area contributed by atoms with Crippen molar-refractivity contribution in [2.45, 2.75) is 68.9 Å². The average molecular weight is 718 g/mol. The summed E-state index contributed by atoms with van der Waals surface area (Å²) in [6.07, 6.45) is 8.87. The number of carbonyl (C=O) groups is 4. The minimum Gasteiger partial charge on any atom is -0.508 e. The summed E-state index contributed by atoms with van der Waals surface area (Å²) in [6, 6.07) is 33.6. The predicted octanol–water partition coefficient (Wildman–Crippen LogP) is 8.13. The van der Waals surface area contributed by atoms with E-state index >= 15 is 9.59 Å². The molecule has 1 N–H and O–H groups in total. The minimum absolute atomic E-state index is 0.0565. The Morgan fingerprint density at radius 2 is 1.44 bits per heavy atom. The monoisotopic (exact) mass is 717 g/mol. The summed E-state index contributed by atoms with van der Waals surface area (Å²) >= 11 is 0. The number of nitrogens with zero attached hydrogens (tertiary/aromatic N) is 1. The van der Waals surface area contributed by atoms with Gasteiger partial charge in [-0.25, -0.2) is 0 Å². The molecule has 5 aliphatic rings. The highest BCUT2D eigenvalue weighted by Gasteiger charge is 2.66. The maximum absolute atomic E-state index is 15.3. The highest BCUT2D eigenvalue weighted by atomic mass is 16.5. The lowest BCUT2D eigenvalue weighted by Gasteiger charge is -2.55. The van der Waals surface area contributed by atoms with Crippen molar-refractivity contribution in [2.24, 2.45) is 23.7 Å². The number of phenolic OH excluding ortho intramolecular Hbond substituents is 1. The lowest BCUT2D eigenvalue weighted by atomic mass is 9.44. The number of allylic oxidation sites excluding steroid dienone is 4. The minimum atomic E-state index is -1.41. The molecule has 1 aliphatic heterocycles. The van der Waals surface area contributed by atoms with Crippen LogP contribution in [0.1, 0.15) is 73.1 Å². The normalized spacial score (nSPS) is 28.1. The van der Waals surface area contributed by atoms with Gasteiger partial charge in [-0.15, -0.1) is 0 Å². The van der Waals surface area contributed by atoms with Gasteiger partial charge >= 0.3 is 0 Å². The third-order valence-electron chi connectivity index (χ3n) is 12.9.